The van der Waals surface area contributed by atoms with E-state index in [0.717, 1.165) is 28.8 Å². The lowest BCUT2D eigenvalue weighted by Gasteiger charge is -2.14. The molecule has 0 amide bonds. The zero-order valence-electron chi connectivity index (χ0n) is 12.8. The molecule has 1 aromatic heterocycles. The van der Waals surface area contributed by atoms with Crippen molar-refractivity contribution in [2.24, 2.45) is 0 Å². The molecule has 0 radical (unpaired) electrons. The first-order chi connectivity index (χ1) is 9.90. The van der Waals surface area contributed by atoms with Gasteiger partial charge in [-0.25, -0.2) is 4.68 Å². The summed E-state index contributed by atoms with van der Waals surface area (Å²) in [5.74, 6) is 1.34. The van der Waals surface area contributed by atoms with E-state index >= 15 is 0 Å². The van der Waals surface area contributed by atoms with Gasteiger partial charge in [-0.15, -0.1) is 5.10 Å². The van der Waals surface area contributed by atoms with E-state index in [4.69, 9.17) is 5.73 Å². The molecule has 1 aromatic carbocycles. The van der Waals surface area contributed by atoms with Crippen molar-refractivity contribution in [1.29, 1.82) is 0 Å². The molecule has 2 atom stereocenters. The number of nitrogens with two attached hydrogens (primary N) is 1. The average molecular weight is 307 g/mol. The van der Waals surface area contributed by atoms with Crippen LogP contribution < -0.4 is 5.73 Å². The molecule has 6 nitrogen and oxygen atoms in total. The molecule has 2 N–H and O–H groups in total. The predicted molar refractivity (Wildman–Crippen MR) is 85.4 cm³/mol. The van der Waals surface area contributed by atoms with E-state index < -0.39 is 10.8 Å². The smallest absolute Gasteiger partial charge is 0.182 e. The molecule has 114 valence electrons. The van der Waals surface area contributed by atoms with Gasteiger partial charge in [0.25, 0.3) is 0 Å². The third-order valence-electron chi connectivity index (χ3n) is 3.59. The van der Waals surface area contributed by atoms with Crippen molar-refractivity contribution < 1.29 is 4.21 Å². The van der Waals surface area contributed by atoms with Crippen LogP contribution in [0.5, 0.6) is 0 Å². The highest BCUT2D eigenvalue weighted by Gasteiger charge is 2.17. The van der Waals surface area contributed by atoms with E-state index in [1.165, 1.54) is 0 Å². The van der Waals surface area contributed by atoms with Crippen molar-refractivity contribution in [2.75, 3.05) is 17.7 Å². The number of aryl methyl sites for hydroxylation is 2. The number of benzene rings is 1. The summed E-state index contributed by atoms with van der Waals surface area (Å²) in [6, 6.07) is 4.04. The number of hydrogen-bond donors (Lipinski definition) is 1. The molecule has 0 saturated carbocycles. The monoisotopic (exact) mass is 307 g/mol. The largest absolute Gasteiger partial charge is 0.398 e. The number of hydrogen-bond acceptors (Lipinski definition) is 5. The highest BCUT2D eigenvalue weighted by molar-refractivity contribution is 7.84. The summed E-state index contributed by atoms with van der Waals surface area (Å²) < 4.78 is 13.0. The molecule has 0 aliphatic rings. The summed E-state index contributed by atoms with van der Waals surface area (Å²) in [4.78, 5) is 0. The second-order valence-corrected chi connectivity index (χ2v) is 6.94. The molecular formula is C14H21N5OS. The first-order valence-corrected chi connectivity index (χ1v) is 8.58. The summed E-state index contributed by atoms with van der Waals surface area (Å²) in [5, 5.41) is 12.0. The van der Waals surface area contributed by atoms with Crippen molar-refractivity contribution >= 4 is 16.5 Å². The van der Waals surface area contributed by atoms with E-state index in [0.29, 0.717) is 11.6 Å². The molecule has 1 heterocycles. The Kier molecular flexibility index (Phi) is 4.72. The third-order valence-corrected chi connectivity index (χ3v) is 4.40. The van der Waals surface area contributed by atoms with Gasteiger partial charge in [-0.3, -0.25) is 4.21 Å². The standard InChI is InChI=1S/C14H21N5OS/c1-9-7-10(2)13(15)8-12(9)14-16-17-18-19(14)11(3)5-6-21(4)20/h7-8,11H,5-6,15H2,1-4H3. The Hall–Kier alpha value is -1.76. The summed E-state index contributed by atoms with van der Waals surface area (Å²) in [6.07, 6.45) is 2.47. The lowest BCUT2D eigenvalue weighted by Crippen LogP contribution is -2.12. The van der Waals surface area contributed by atoms with Crippen LogP contribution in [0, 0.1) is 13.8 Å². The first-order valence-electron chi connectivity index (χ1n) is 6.85. The maximum absolute atomic E-state index is 11.2. The van der Waals surface area contributed by atoms with Crippen LogP contribution in [0.25, 0.3) is 11.4 Å². The molecule has 7 heteroatoms. The Balaban J connectivity index is 2.36. The number of anilines is 1. The highest BCUT2D eigenvalue weighted by Crippen LogP contribution is 2.27. The fraction of sp³-hybridized carbons (Fsp3) is 0.500. The van der Waals surface area contributed by atoms with Gasteiger partial charge in [-0.05, 0) is 54.8 Å². The average Bonchev–Trinajstić information content (AvgIpc) is 2.89. The van der Waals surface area contributed by atoms with Crippen molar-refractivity contribution in [3.63, 3.8) is 0 Å². The number of nitrogens with zero attached hydrogens (tertiary/aromatic N) is 4. The Labute approximate surface area is 127 Å². The Bertz CT molecular complexity index is 667. The van der Waals surface area contributed by atoms with E-state index in [2.05, 4.69) is 15.5 Å². The summed E-state index contributed by atoms with van der Waals surface area (Å²) >= 11 is 0. The fourth-order valence-electron chi connectivity index (χ4n) is 2.24. The summed E-state index contributed by atoms with van der Waals surface area (Å²) in [7, 11) is -0.812. The van der Waals surface area contributed by atoms with Gasteiger partial charge in [0.05, 0.1) is 6.04 Å². The van der Waals surface area contributed by atoms with Crippen LogP contribution in [-0.4, -0.2) is 36.4 Å². The van der Waals surface area contributed by atoms with Crippen LogP contribution in [0.15, 0.2) is 12.1 Å². The second kappa shape index (κ2) is 6.34. The minimum atomic E-state index is -0.812. The third kappa shape index (κ3) is 3.47. The number of nitrogen functional groups attached to an aromatic ring is 1. The normalized spacial score (nSPS) is 14.1. The molecule has 21 heavy (non-hydrogen) atoms. The molecule has 2 unspecified atom stereocenters. The fourth-order valence-corrected chi connectivity index (χ4v) is 2.91. The molecule has 0 spiro atoms. The van der Waals surface area contributed by atoms with Crippen LogP contribution in [0.4, 0.5) is 5.69 Å². The number of rotatable bonds is 5. The second-order valence-electron chi connectivity index (χ2n) is 5.39. The molecule has 0 aliphatic heterocycles. The van der Waals surface area contributed by atoms with E-state index in [-0.39, 0.29) is 6.04 Å². The van der Waals surface area contributed by atoms with Gasteiger partial charge in [0.2, 0.25) is 0 Å². The maximum atomic E-state index is 11.2. The SMILES string of the molecule is Cc1cc(C)c(-c2nnnn2C(C)CCS(C)=O)cc1N. The number of aromatic nitrogens is 4. The summed E-state index contributed by atoms with van der Waals surface area (Å²) in [5.41, 5.74) is 9.80. The van der Waals surface area contributed by atoms with Crippen LogP contribution in [0.3, 0.4) is 0 Å². The molecule has 2 rings (SSSR count). The summed E-state index contributed by atoms with van der Waals surface area (Å²) in [6.45, 7) is 6.03. The molecule has 0 bridgehead atoms. The quantitative estimate of drug-likeness (QED) is 0.852. The van der Waals surface area contributed by atoms with Gasteiger partial charge < -0.3 is 5.73 Å². The number of tetrazole rings is 1. The zero-order valence-corrected chi connectivity index (χ0v) is 13.6. The van der Waals surface area contributed by atoms with Gasteiger partial charge in [-0.1, -0.05) is 6.07 Å². The van der Waals surface area contributed by atoms with Gasteiger partial charge >= 0.3 is 0 Å². The van der Waals surface area contributed by atoms with Gasteiger partial charge in [0.1, 0.15) is 0 Å². The van der Waals surface area contributed by atoms with Crippen molar-refractivity contribution in [2.45, 2.75) is 33.2 Å². The van der Waals surface area contributed by atoms with Crippen LogP contribution in [0.1, 0.15) is 30.5 Å². The molecule has 0 aliphatic carbocycles. The van der Waals surface area contributed by atoms with Crippen molar-refractivity contribution in [3.05, 3.63) is 23.3 Å². The Morgan fingerprint density at radius 1 is 1.33 bits per heavy atom. The van der Waals surface area contributed by atoms with Gasteiger partial charge in [0, 0.05) is 34.1 Å². The lowest BCUT2D eigenvalue weighted by atomic mass is 10.0. The zero-order chi connectivity index (χ0) is 15.6. The molecular weight excluding hydrogens is 286 g/mol. The van der Waals surface area contributed by atoms with E-state index in [1.807, 2.05) is 32.9 Å². The Morgan fingerprint density at radius 2 is 2.05 bits per heavy atom. The minimum Gasteiger partial charge on any atom is -0.398 e. The molecule has 2 aromatic rings. The van der Waals surface area contributed by atoms with Crippen LogP contribution in [-0.2, 0) is 10.8 Å². The Morgan fingerprint density at radius 3 is 2.71 bits per heavy atom. The first kappa shape index (κ1) is 15.6. The van der Waals surface area contributed by atoms with Crippen molar-refractivity contribution in [3.8, 4) is 11.4 Å². The minimum absolute atomic E-state index is 0.0841. The van der Waals surface area contributed by atoms with Crippen LogP contribution >= 0.6 is 0 Å². The van der Waals surface area contributed by atoms with E-state index in [1.54, 1.807) is 10.9 Å². The molecule has 0 saturated heterocycles. The van der Waals surface area contributed by atoms with E-state index in [9.17, 15) is 4.21 Å². The van der Waals surface area contributed by atoms with Crippen LogP contribution in [0.2, 0.25) is 0 Å². The predicted octanol–water partition coefficient (Wildman–Crippen LogP) is 1.87. The topological polar surface area (TPSA) is 86.7 Å². The lowest BCUT2D eigenvalue weighted by molar-refractivity contribution is 0.470. The van der Waals surface area contributed by atoms with Gasteiger partial charge in [-0.2, -0.15) is 0 Å². The van der Waals surface area contributed by atoms with Gasteiger partial charge in [0.15, 0.2) is 5.82 Å². The van der Waals surface area contributed by atoms with Crippen molar-refractivity contribution in [1.82, 2.24) is 20.2 Å². The highest BCUT2D eigenvalue weighted by atomic mass is 32.2. The molecule has 0 fully saturated rings. The maximum Gasteiger partial charge on any atom is 0.182 e.